The van der Waals surface area contributed by atoms with Crippen LogP contribution in [0.5, 0.6) is 0 Å². The van der Waals surface area contributed by atoms with Gasteiger partial charge in [0.15, 0.2) is 0 Å². The fourth-order valence-corrected chi connectivity index (χ4v) is 3.60. The largest absolute Gasteiger partial charge is 0.384 e. The number of pyridine rings is 2. The number of nitrogens with zero attached hydrogens (tertiary/aromatic N) is 2. The minimum absolute atomic E-state index is 0.00336. The number of anilines is 1. The summed E-state index contributed by atoms with van der Waals surface area (Å²) in [5.74, 6) is -1.28. The molecular weight excluding hydrogens is 368 g/mol. The number of para-hydroxylation sites is 1. The van der Waals surface area contributed by atoms with E-state index in [1.54, 1.807) is 24.4 Å². The highest BCUT2D eigenvalue weighted by Crippen LogP contribution is 2.27. The number of carbonyl (C=O) groups is 2. The summed E-state index contributed by atoms with van der Waals surface area (Å²) in [6.45, 7) is 0. The maximum atomic E-state index is 12.7. The van der Waals surface area contributed by atoms with E-state index in [9.17, 15) is 14.4 Å². The number of benzene rings is 2. The summed E-state index contributed by atoms with van der Waals surface area (Å²) < 4.78 is 1.23. The van der Waals surface area contributed by atoms with Gasteiger partial charge < -0.3 is 5.73 Å². The highest BCUT2D eigenvalue weighted by atomic mass is 16.2. The van der Waals surface area contributed by atoms with Gasteiger partial charge in [0, 0.05) is 23.2 Å². The van der Waals surface area contributed by atoms with Gasteiger partial charge in [-0.2, -0.15) is 0 Å². The van der Waals surface area contributed by atoms with Crippen LogP contribution in [0.15, 0.2) is 71.7 Å². The molecule has 0 atom stereocenters. The van der Waals surface area contributed by atoms with Crippen molar-refractivity contribution in [1.82, 2.24) is 14.9 Å². The number of nitrogen functional groups attached to an aromatic ring is 1. The first-order valence-corrected chi connectivity index (χ1v) is 8.90. The summed E-state index contributed by atoms with van der Waals surface area (Å²) in [5, 5.41) is 3.16. The smallest absolute Gasteiger partial charge is 0.262 e. The van der Waals surface area contributed by atoms with Crippen molar-refractivity contribution in [1.29, 1.82) is 0 Å². The highest BCUT2D eigenvalue weighted by molar-refractivity contribution is 6.23. The SMILES string of the molecule is Nc1c2c(cc(=O)n1-c1cccc(-c3cnc4ccccc4c3)c1)C(=O)NC2=O. The third kappa shape index (κ3) is 2.60. The minimum atomic E-state index is -0.614. The minimum Gasteiger partial charge on any atom is -0.384 e. The van der Waals surface area contributed by atoms with E-state index in [0.717, 1.165) is 28.1 Å². The van der Waals surface area contributed by atoms with Crippen LogP contribution in [-0.2, 0) is 0 Å². The Bertz CT molecular complexity index is 1410. The van der Waals surface area contributed by atoms with Gasteiger partial charge in [0.25, 0.3) is 17.4 Å². The standard InChI is InChI=1S/C22H14N4O3/c23-20-19-16(21(28)25-22(19)29)10-18(27)26(20)15-6-3-5-12(9-15)14-8-13-4-1-2-7-17(13)24-11-14/h1-11H,23H2,(H,25,28,29). The number of amides is 2. The molecule has 2 aromatic carbocycles. The predicted molar refractivity (Wildman–Crippen MR) is 109 cm³/mol. The Balaban J connectivity index is 1.67. The third-order valence-electron chi connectivity index (χ3n) is 4.98. The van der Waals surface area contributed by atoms with Gasteiger partial charge in [-0.15, -0.1) is 0 Å². The van der Waals surface area contributed by atoms with Crippen LogP contribution in [0.3, 0.4) is 0 Å². The molecule has 1 aliphatic heterocycles. The Kier molecular flexibility index (Phi) is 3.57. The molecule has 3 N–H and O–H groups in total. The molecule has 0 saturated heterocycles. The predicted octanol–water partition coefficient (Wildman–Crippen LogP) is 2.52. The van der Waals surface area contributed by atoms with Crippen LogP contribution in [0.2, 0.25) is 0 Å². The van der Waals surface area contributed by atoms with Crippen molar-refractivity contribution in [3.8, 4) is 16.8 Å². The fourth-order valence-electron chi connectivity index (χ4n) is 3.60. The lowest BCUT2D eigenvalue weighted by molar-refractivity contribution is 0.0880. The van der Waals surface area contributed by atoms with E-state index in [2.05, 4.69) is 10.3 Å². The molecule has 7 nitrogen and oxygen atoms in total. The molecule has 4 aromatic rings. The van der Waals surface area contributed by atoms with Gasteiger partial charge in [-0.1, -0.05) is 30.3 Å². The molecule has 3 heterocycles. The van der Waals surface area contributed by atoms with Crippen LogP contribution in [0, 0.1) is 0 Å². The highest BCUT2D eigenvalue weighted by Gasteiger charge is 2.31. The van der Waals surface area contributed by atoms with E-state index in [0.29, 0.717) is 5.69 Å². The van der Waals surface area contributed by atoms with Gasteiger partial charge in [-0.3, -0.25) is 29.3 Å². The third-order valence-corrected chi connectivity index (χ3v) is 4.98. The van der Waals surface area contributed by atoms with Gasteiger partial charge in [0.05, 0.1) is 22.3 Å². The molecule has 0 aliphatic carbocycles. The second-order valence-electron chi connectivity index (χ2n) is 6.74. The topological polar surface area (TPSA) is 107 Å². The van der Waals surface area contributed by atoms with Crippen LogP contribution in [0.4, 0.5) is 5.82 Å². The molecule has 0 saturated carbocycles. The Morgan fingerprint density at radius 1 is 0.862 bits per heavy atom. The zero-order valence-electron chi connectivity index (χ0n) is 15.0. The van der Waals surface area contributed by atoms with Crippen LogP contribution < -0.4 is 16.6 Å². The van der Waals surface area contributed by atoms with Crippen LogP contribution in [-0.4, -0.2) is 21.4 Å². The lowest BCUT2D eigenvalue weighted by Crippen LogP contribution is -2.24. The number of carbonyl (C=O) groups excluding carboxylic acids is 2. The summed E-state index contributed by atoms with van der Waals surface area (Å²) in [4.78, 5) is 41.0. The molecule has 2 aromatic heterocycles. The van der Waals surface area contributed by atoms with Crippen molar-refractivity contribution in [3.63, 3.8) is 0 Å². The fraction of sp³-hybridized carbons (Fsp3) is 0. The first-order valence-electron chi connectivity index (χ1n) is 8.90. The van der Waals surface area contributed by atoms with Gasteiger partial charge in [0.1, 0.15) is 5.82 Å². The number of nitrogens with one attached hydrogen (secondary N) is 1. The summed E-state index contributed by atoms with van der Waals surface area (Å²) in [6, 6.07) is 18.2. The average molecular weight is 382 g/mol. The van der Waals surface area contributed by atoms with Crippen LogP contribution >= 0.6 is 0 Å². The molecule has 0 radical (unpaired) electrons. The molecule has 0 bridgehead atoms. The van der Waals surface area contributed by atoms with E-state index in [4.69, 9.17) is 5.73 Å². The molecule has 2 amide bonds. The molecule has 0 spiro atoms. The Labute approximate surface area is 164 Å². The number of hydrogen-bond acceptors (Lipinski definition) is 5. The quantitative estimate of drug-likeness (QED) is 0.518. The first kappa shape index (κ1) is 16.9. The van der Waals surface area contributed by atoms with E-state index in [1.165, 1.54) is 4.57 Å². The molecule has 1 aliphatic rings. The van der Waals surface area contributed by atoms with Gasteiger partial charge in [-0.25, -0.2) is 0 Å². The van der Waals surface area contributed by atoms with Crippen molar-refractivity contribution in [2.45, 2.75) is 0 Å². The first-order chi connectivity index (χ1) is 14.0. The average Bonchev–Trinajstić information content (AvgIpc) is 3.01. The maximum absolute atomic E-state index is 12.7. The molecule has 29 heavy (non-hydrogen) atoms. The van der Waals surface area contributed by atoms with Crippen molar-refractivity contribution in [3.05, 3.63) is 88.3 Å². The molecule has 140 valence electrons. The number of fused-ring (bicyclic) bond motifs is 2. The Hall–Kier alpha value is -4.26. The summed E-state index contributed by atoms with van der Waals surface area (Å²) in [7, 11) is 0. The van der Waals surface area contributed by atoms with Crippen molar-refractivity contribution >= 4 is 28.5 Å². The zero-order chi connectivity index (χ0) is 20.1. The Morgan fingerprint density at radius 2 is 1.69 bits per heavy atom. The Morgan fingerprint density at radius 3 is 2.55 bits per heavy atom. The monoisotopic (exact) mass is 382 g/mol. The van der Waals surface area contributed by atoms with Gasteiger partial charge in [0.2, 0.25) is 0 Å². The molecule has 7 heteroatoms. The summed E-state index contributed by atoms with van der Waals surface area (Å²) in [6.07, 6.45) is 1.77. The lowest BCUT2D eigenvalue weighted by atomic mass is 10.0. The van der Waals surface area contributed by atoms with Crippen molar-refractivity contribution in [2.75, 3.05) is 5.73 Å². The number of imide groups is 1. The number of hydrogen-bond donors (Lipinski definition) is 2. The van der Waals surface area contributed by atoms with E-state index >= 15 is 0 Å². The molecule has 0 unspecified atom stereocenters. The number of rotatable bonds is 2. The van der Waals surface area contributed by atoms with Gasteiger partial charge in [-0.05, 0) is 29.8 Å². The van der Waals surface area contributed by atoms with Crippen LogP contribution in [0.1, 0.15) is 20.7 Å². The second-order valence-corrected chi connectivity index (χ2v) is 6.74. The van der Waals surface area contributed by atoms with Crippen molar-refractivity contribution < 1.29 is 9.59 Å². The molecule has 0 fully saturated rings. The lowest BCUT2D eigenvalue weighted by Gasteiger charge is -2.13. The van der Waals surface area contributed by atoms with Gasteiger partial charge >= 0.3 is 0 Å². The number of nitrogens with two attached hydrogens (primary N) is 1. The second kappa shape index (κ2) is 6.13. The number of aromatic nitrogens is 2. The molecular formula is C22H14N4O3. The van der Waals surface area contributed by atoms with E-state index in [-0.39, 0.29) is 16.9 Å². The zero-order valence-corrected chi connectivity index (χ0v) is 15.0. The summed E-state index contributed by atoms with van der Waals surface area (Å²) >= 11 is 0. The maximum Gasteiger partial charge on any atom is 0.262 e. The van der Waals surface area contributed by atoms with Crippen molar-refractivity contribution in [2.24, 2.45) is 0 Å². The van der Waals surface area contributed by atoms with E-state index in [1.807, 2.05) is 36.4 Å². The molecule has 5 rings (SSSR count). The van der Waals surface area contributed by atoms with E-state index < -0.39 is 17.4 Å². The summed E-state index contributed by atoms with van der Waals surface area (Å²) in [5.41, 5.74) is 8.76. The van der Waals surface area contributed by atoms with Crippen LogP contribution in [0.25, 0.3) is 27.7 Å². The normalized spacial score (nSPS) is 12.8.